The number of ether oxygens (including phenoxy) is 1. The molecule has 2 aromatic rings. The largest absolute Gasteiger partial charge is 0.492 e. The summed E-state index contributed by atoms with van der Waals surface area (Å²) in [7, 11) is -1.72. The molecular weight excluding hydrogens is 420 g/mol. The number of thiophene rings is 1. The first kappa shape index (κ1) is 21.1. The highest BCUT2D eigenvalue weighted by molar-refractivity contribution is 7.91. The van der Waals surface area contributed by atoms with Crippen molar-refractivity contribution in [2.45, 2.75) is 23.5 Å². The van der Waals surface area contributed by atoms with Crippen LogP contribution in [-0.2, 0) is 21.2 Å². The summed E-state index contributed by atoms with van der Waals surface area (Å²) in [5, 5.41) is 0.597. The Morgan fingerprint density at radius 2 is 2.00 bits per heavy atom. The molecule has 1 aromatic heterocycles. The molecule has 0 N–H and O–H groups in total. The molecular formula is C19H23ClN2O4S2. The van der Waals surface area contributed by atoms with Crippen LogP contribution in [0.1, 0.15) is 17.7 Å². The minimum Gasteiger partial charge on any atom is -0.492 e. The smallest absolute Gasteiger partial charge is 0.252 e. The van der Waals surface area contributed by atoms with Crippen molar-refractivity contribution >= 4 is 38.9 Å². The Morgan fingerprint density at radius 1 is 1.25 bits per heavy atom. The van der Waals surface area contributed by atoms with Crippen molar-refractivity contribution < 1.29 is 17.9 Å². The lowest BCUT2D eigenvalue weighted by Crippen LogP contribution is -2.31. The van der Waals surface area contributed by atoms with Crippen LogP contribution in [0.5, 0.6) is 5.75 Å². The zero-order chi connectivity index (χ0) is 20.1. The van der Waals surface area contributed by atoms with E-state index < -0.39 is 10.0 Å². The highest BCUT2D eigenvalue weighted by atomic mass is 35.5. The highest BCUT2D eigenvalue weighted by Crippen LogP contribution is 2.27. The maximum atomic E-state index is 12.6. The number of halogens is 1. The van der Waals surface area contributed by atoms with Gasteiger partial charge in [0.1, 0.15) is 16.6 Å². The van der Waals surface area contributed by atoms with Crippen molar-refractivity contribution in [3.8, 4) is 5.75 Å². The van der Waals surface area contributed by atoms with Crippen LogP contribution in [0.3, 0.4) is 0 Å². The van der Waals surface area contributed by atoms with E-state index >= 15 is 0 Å². The second kappa shape index (κ2) is 9.26. The fourth-order valence-electron chi connectivity index (χ4n) is 2.91. The number of carbonyl (C=O) groups is 1. The molecule has 0 bridgehead atoms. The molecule has 0 unspecified atom stereocenters. The topological polar surface area (TPSA) is 66.9 Å². The summed E-state index contributed by atoms with van der Waals surface area (Å²) >= 11 is 7.09. The molecule has 0 radical (unpaired) electrons. The highest BCUT2D eigenvalue weighted by Gasteiger charge is 2.28. The van der Waals surface area contributed by atoms with Gasteiger partial charge in [0.15, 0.2) is 0 Å². The Kier molecular flexibility index (Phi) is 6.98. The quantitative estimate of drug-likeness (QED) is 0.629. The molecule has 1 fully saturated rings. The Hall–Kier alpha value is -1.61. The molecule has 6 nitrogen and oxygen atoms in total. The SMILES string of the molecule is CN(CCOc1cccc(Cl)c1)C(=O)Cc1ccc(S(=O)(=O)N2CCCC2)s1. The third kappa shape index (κ3) is 5.26. The standard InChI is InChI=1S/C19H23ClN2O4S2/c1-21(11-12-26-16-6-4-5-15(20)13-16)18(23)14-17-7-8-19(27-17)28(24,25)22-9-2-3-10-22/h4-8,13H,2-3,9-12,14H2,1H3. The molecule has 0 spiro atoms. The molecule has 0 aliphatic carbocycles. The number of amides is 1. The van der Waals surface area contributed by atoms with Crippen LogP contribution in [0.2, 0.25) is 5.02 Å². The van der Waals surface area contributed by atoms with E-state index in [2.05, 4.69) is 0 Å². The van der Waals surface area contributed by atoms with Crippen molar-refractivity contribution in [3.63, 3.8) is 0 Å². The van der Waals surface area contributed by atoms with Crippen molar-refractivity contribution in [2.75, 3.05) is 33.3 Å². The summed E-state index contributed by atoms with van der Waals surface area (Å²) in [5.74, 6) is 0.574. The Balaban J connectivity index is 1.51. The third-order valence-corrected chi connectivity index (χ3v) is 8.23. The van der Waals surface area contributed by atoms with E-state index in [1.165, 1.54) is 15.6 Å². The zero-order valence-electron chi connectivity index (χ0n) is 15.6. The summed E-state index contributed by atoms with van der Waals surface area (Å²) in [6.07, 6.45) is 1.98. The van der Waals surface area contributed by atoms with Gasteiger partial charge in [-0.05, 0) is 43.2 Å². The number of likely N-dealkylation sites (N-methyl/N-ethyl adjacent to an activating group) is 1. The van der Waals surface area contributed by atoms with E-state index in [9.17, 15) is 13.2 Å². The monoisotopic (exact) mass is 442 g/mol. The van der Waals surface area contributed by atoms with E-state index in [-0.39, 0.29) is 12.3 Å². The van der Waals surface area contributed by atoms with Gasteiger partial charge in [-0.3, -0.25) is 4.79 Å². The van der Waals surface area contributed by atoms with Gasteiger partial charge in [0, 0.05) is 30.0 Å². The minimum absolute atomic E-state index is 0.0818. The Bertz CT molecular complexity index is 924. The van der Waals surface area contributed by atoms with Crippen molar-refractivity contribution in [1.82, 2.24) is 9.21 Å². The average molecular weight is 443 g/mol. The average Bonchev–Trinajstić information content (AvgIpc) is 3.34. The van der Waals surface area contributed by atoms with Gasteiger partial charge in [-0.1, -0.05) is 17.7 Å². The molecule has 1 aliphatic heterocycles. The van der Waals surface area contributed by atoms with Gasteiger partial charge < -0.3 is 9.64 Å². The van der Waals surface area contributed by atoms with Crippen LogP contribution in [0.25, 0.3) is 0 Å². The first-order valence-corrected chi connectivity index (χ1v) is 11.7. The number of nitrogens with zero attached hydrogens (tertiary/aromatic N) is 2. The fraction of sp³-hybridized carbons (Fsp3) is 0.421. The van der Waals surface area contributed by atoms with Gasteiger partial charge >= 0.3 is 0 Å². The predicted octanol–water partition coefficient (Wildman–Crippen LogP) is 3.27. The molecule has 1 aliphatic rings. The van der Waals surface area contributed by atoms with Gasteiger partial charge in [-0.25, -0.2) is 8.42 Å². The van der Waals surface area contributed by atoms with Gasteiger partial charge in [0.2, 0.25) is 5.91 Å². The van der Waals surface area contributed by atoms with E-state index in [1.54, 1.807) is 42.3 Å². The minimum atomic E-state index is -3.43. The number of carbonyl (C=O) groups excluding carboxylic acids is 1. The van der Waals surface area contributed by atoms with E-state index in [0.29, 0.717) is 41.2 Å². The summed E-state index contributed by atoms with van der Waals surface area (Å²) in [6, 6.07) is 10.4. The van der Waals surface area contributed by atoms with Crippen molar-refractivity contribution in [1.29, 1.82) is 0 Å². The summed E-state index contributed by atoms with van der Waals surface area (Å²) in [6.45, 7) is 1.92. The number of benzene rings is 1. The van der Waals surface area contributed by atoms with Crippen LogP contribution < -0.4 is 4.74 Å². The predicted molar refractivity (Wildman–Crippen MR) is 111 cm³/mol. The second-order valence-corrected chi connectivity index (χ2v) is 10.4. The van der Waals surface area contributed by atoms with Gasteiger partial charge in [-0.2, -0.15) is 4.31 Å². The van der Waals surface area contributed by atoms with Crippen LogP contribution in [-0.4, -0.2) is 56.8 Å². The first-order chi connectivity index (χ1) is 13.4. The first-order valence-electron chi connectivity index (χ1n) is 9.07. The normalized spacial score (nSPS) is 14.9. The third-order valence-electron chi connectivity index (χ3n) is 4.54. The molecule has 3 rings (SSSR count). The molecule has 28 heavy (non-hydrogen) atoms. The number of sulfonamides is 1. The molecule has 152 valence electrons. The van der Waals surface area contributed by atoms with Crippen LogP contribution in [0.4, 0.5) is 0 Å². The van der Waals surface area contributed by atoms with Gasteiger partial charge in [0.05, 0.1) is 13.0 Å². The van der Waals surface area contributed by atoms with Crippen LogP contribution >= 0.6 is 22.9 Å². The molecule has 2 heterocycles. The van der Waals surface area contributed by atoms with E-state index in [0.717, 1.165) is 17.7 Å². The van der Waals surface area contributed by atoms with Gasteiger partial charge in [0.25, 0.3) is 10.0 Å². The van der Waals surface area contributed by atoms with E-state index in [4.69, 9.17) is 16.3 Å². The number of hydrogen-bond acceptors (Lipinski definition) is 5. The molecule has 1 saturated heterocycles. The van der Waals surface area contributed by atoms with Crippen LogP contribution in [0, 0.1) is 0 Å². The maximum absolute atomic E-state index is 12.6. The lowest BCUT2D eigenvalue weighted by molar-refractivity contribution is -0.129. The zero-order valence-corrected chi connectivity index (χ0v) is 18.0. The summed E-state index contributed by atoms with van der Waals surface area (Å²) in [5.41, 5.74) is 0. The Labute approximate surface area is 174 Å². The number of hydrogen-bond donors (Lipinski definition) is 0. The Morgan fingerprint density at radius 3 is 2.71 bits per heavy atom. The summed E-state index contributed by atoms with van der Waals surface area (Å²) < 4.78 is 32.6. The molecule has 0 saturated carbocycles. The molecule has 1 aromatic carbocycles. The van der Waals surface area contributed by atoms with Crippen molar-refractivity contribution in [3.05, 3.63) is 46.3 Å². The van der Waals surface area contributed by atoms with Gasteiger partial charge in [-0.15, -0.1) is 11.3 Å². The van der Waals surface area contributed by atoms with E-state index in [1.807, 2.05) is 6.07 Å². The second-order valence-electron chi connectivity index (χ2n) is 6.63. The van der Waals surface area contributed by atoms with Crippen molar-refractivity contribution in [2.24, 2.45) is 0 Å². The molecule has 0 atom stereocenters. The fourth-order valence-corrected chi connectivity index (χ4v) is 6.11. The maximum Gasteiger partial charge on any atom is 0.252 e. The molecule has 1 amide bonds. The lowest BCUT2D eigenvalue weighted by Gasteiger charge is -2.17. The lowest BCUT2D eigenvalue weighted by atomic mass is 10.3. The van der Waals surface area contributed by atoms with Crippen LogP contribution in [0.15, 0.2) is 40.6 Å². The number of rotatable bonds is 8. The molecule has 9 heteroatoms. The summed E-state index contributed by atoms with van der Waals surface area (Å²) in [4.78, 5) is 14.7.